The van der Waals surface area contributed by atoms with Gasteiger partial charge in [0.2, 0.25) is 0 Å². The molecule has 5 nitrogen and oxygen atoms in total. The van der Waals surface area contributed by atoms with E-state index in [2.05, 4.69) is 15.3 Å². The SMILES string of the molecule is NC=C(C=NC1CC1)C1=C(/C=C/NC2=CC=c3ccn(CC(F)F)c3=CC2)C=NCC1. The minimum absolute atomic E-state index is 0.292. The number of rotatable bonds is 8. The first-order valence-corrected chi connectivity index (χ1v) is 10.6. The molecule has 2 heterocycles. The topological polar surface area (TPSA) is 67.7 Å². The maximum Gasteiger partial charge on any atom is 0.256 e. The Hall–Kier alpha value is -3.22. The Kier molecular flexibility index (Phi) is 6.60. The van der Waals surface area contributed by atoms with Crippen LogP contribution in [0.1, 0.15) is 25.7 Å². The minimum Gasteiger partial charge on any atom is -0.404 e. The van der Waals surface area contributed by atoms with Crippen LogP contribution in [0, 0.1) is 0 Å². The van der Waals surface area contributed by atoms with Crippen molar-refractivity contribution in [3.8, 4) is 0 Å². The maximum absolute atomic E-state index is 12.8. The molecule has 1 fully saturated rings. The van der Waals surface area contributed by atoms with Gasteiger partial charge in [-0.1, -0.05) is 12.2 Å². The van der Waals surface area contributed by atoms with Crippen molar-refractivity contribution in [1.82, 2.24) is 9.88 Å². The van der Waals surface area contributed by atoms with E-state index in [1.807, 2.05) is 49.0 Å². The molecule has 162 valence electrons. The van der Waals surface area contributed by atoms with Crippen molar-refractivity contribution < 1.29 is 8.78 Å². The van der Waals surface area contributed by atoms with Gasteiger partial charge in [0.25, 0.3) is 6.43 Å². The number of fused-ring (bicyclic) bond motifs is 1. The molecule has 0 aromatic carbocycles. The summed E-state index contributed by atoms with van der Waals surface area (Å²) in [5, 5.41) is 5.08. The van der Waals surface area contributed by atoms with Gasteiger partial charge in [0.05, 0.1) is 12.6 Å². The van der Waals surface area contributed by atoms with Crippen LogP contribution in [-0.2, 0) is 6.54 Å². The molecule has 4 rings (SSSR count). The molecular formula is C24H27F2N5. The highest BCUT2D eigenvalue weighted by Crippen LogP contribution is 2.25. The summed E-state index contributed by atoms with van der Waals surface area (Å²) in [6, 6.07) is 2.31. The Bertz CT molecular complexity index is 1110. The number of aliphatic imine (C=N–C) groups is 2. The van der Waals surface area contributed by atoms with E-state index in [9.17, 15) is 8.78 Å². The summed E-state index contributed by atoms with van der Waals surface area (Å²) < 4.78 is 27.2. The number of hydrogen-bond acceptors (Lipinski definition) is 4. The van der Waals surface area contributed by atoms with Crippen molar-refractivity contribution in [3.05, 3.63) is 69.8 Å². The van der Waals surface area contributed by atoms with Crippen molar-refractivity contribution in [3.63, 3.8) is 0 Å². The molecule has 31 heavy (non-hydrogen) atoms. The van der Waals surface area contributed by atoms with Gasteiger partial charge in [0, 0.05) is 60.6 Å². The second-order valence-corrected chi connectivity index (χ2v) is 7.79. The third-order valence-electron chi connectivity index (χ3n) is 5.45. The lowest BCUT2D eigenvalue weighted by atomic mass is 9.96. The lowest BCUT2D eigenvalue weighted by molar-refractivity contribution is 0.125. The van der Waals surface area contributed by atoms with Gasteiger partial charge in [-0.05, 0) is 53.8 Å². The monoisotopic (exact) mass is 423 g/mol. The molecule has 1 saturated carbocycles. The number of alkyl halides is 2. The second kappa shape index (κ2) is 9.73. The molecule has 7 heteroatoms. The van der Waals surface area contributed by atoms with E-state index in [1.54, 1.807) is 17.0 Å². The Balaban J connectivity index is 1.47. The Labute approximate surface area is 180 Å². The quantitative estimate of drug-likeness (QED) is 0.631. The molecule has 1 aliphatic heterocycles. The predicted molar refractivity (Wildman–Crippen MR) is 122 cm³/mol. The fourth-order valence-corrected chi connectivity index (χ4v) is 3.64. The number of hydrogen-bond donors (Lipinski definition) is 2. The summed E-state index contributed by atoms with van der Waals surface area (Å²) in [7, 11) is 0. The highest BCUT2D eigenvalue weighted by Gasteiger charge is 2.19. The van der Waals surface area contributed by atoms with Crippen LogP contribution in [0.5, 0.6) is 0 Å². The number of nitrogens with zero attached hydrogens (tertiary/aromatic N) is 3. The summed E-state index contributed by atoms with van der Waals surface area (Å²) in [4.78, 5) is 8.96. The van der Waals surface area contributed by atoms with Crippen LogP contribution in [0.15, 0.2) is 69.2 Å². The number of dihydropyridines is 1. The van der Waals surface area contributed by atoms with Gasteiger partial charge in [-0.25, -0.2) is 8.78 Å². The summed E-state index contributed by atoms with van der Waals surface area (Å²) in [5.41, 5.74) is 9.94. The lowest BCUT2D eigenvalue weighted by Crippen LogP contribution is -2.30. The fraction of sp³-hybridized carbons (Fsp3) is 0.333. The van der Waals surface area contributed by atoms with Gasteiger partial charge in [-0.2, -0.15) is 0 Å². The number of nitrogens with one attached hydrogen (secondary N) is 1. The van der Waals surface area contributed by atoms with E-state index < -0.39 is 6.43 Å². The van der Waals surface area contributed by atoms with E-state index in [-0.39, 0.29) is 6.54 Å². The average Bonchev–Trinajstić information content (AvgIpc) is 3.55. The normalized spacial score (nSPS) is 19.5. The molecule has 1 aromatic rings. The van der Waals surface area contributed by atoms with Crippen LogP contribution >= 0.6 is 0 Å². The molecular weight excluding hydrogens is 396 g/mol. The highest BCUT2D eigenvalue weighted by atomic mass is 19.3. The van der Waals surface area contributed by atoms with Crippen LogP contribution in [0.3, 0.4) is 0 Å². The summed E-state index contributed by atoms with van der Waals surface area (Å²) >= 11 is 0. The zero-order valence-corrected chi connectivity index (χ0v) is 17.3. The lowest BCUT2D eigenvalue weighted by Gasteiger charge is -2.14. The van der Waals surface area contributed by atoms with E-state index in [0.717, 1.165) is 58.8 Å². The van der Waals surface area contributed by atoms with E-state index in [1.165, 1.54) is 0 Å². The molecule has 0 saturated heterocycles. The number of halogens is 2. The standard InChI is InChI=1S/C24H27F2N5/c25-24(26)16-31-12-9-17-1-2-20(5-6-23(17)31)29-11-7-18-14-28-10-8-22(18)19(13-27)15-30-21-3-4-21/h1-2,6-7,9,11-15,21,24,29H,3-5,8,10,16,27H2/b11-7+,19-13?,30-15?. The molecule has 3 aliphatic rings. The van der Waals surface area contributed by atoms with Crippen LogP contribution in [0.4, 0.5) is 8.78 Å². The van der Waals surface area contributed by atoms with Crippen molar-refractivity contribution in [2.24, 2.45) is 15.7 Å². The van der Waals surface area contributed by atoms with Crippen molar-refractivity contribution >= 4 is 24.6 Å². The Morgan fingerprint density at radius 3 is 3.00 bits per heavy atom. The van der Waals surface area contributed by atoms with Crippen molar-refractivity contribution in [1.29, 1.82) is 0 Å². The summed E-state index contributed by atoms with van der Waals surface area (Å²) in [5.74, 6) is 0. The summed E-state index contributed by atoms with van der Waals surface area (Å²) in [6.07, 6.45) is 18.3. The zero-order chi connectivity index (χ0) is 21.6. The molecule has 0 amide bonds. The molecule has 0 radical (unpaired) electrons. The van der Waals surface area contributed by atoms with E-state index in [4.69, 9.17) is 5.73 Å². The van der Waals surface area contributed by atoms with Crippen LogP contribution in [0.2, 0.25) is 0 Å². The molecule has 0 atom stereocenters. The second-order valence-electron chi connectivity index (χ2n) is 7.79. The highest BCUT2D eigenvalue weighted by molar-refractivity contribution is 5.93. The number of aromatic nitrogens is 1. The molecule has 0 unspecified atom stereocenters. The minimum atomic E-state index is -2.37. The fourth-order valence-electron chi connectivity index (χ4n) is 3.64. The summed E-state index contributed by atoms with van der Waals surface area (Å²) in [6.45, 7) is 0.448. The maximum atomic E-state index is 12.8. The smallest absolute Gasteiger partial charge is 0.256 e. The van der Waals surface area contributed by atoms with Crippen LogP contribution in [-0.4, -0.2) is 36.0 Å². The first-order valence-electron chi connectivity index (χ1n) is 10.6. The van der Waals surface area contributed by atoms with Gasteiger partial charge in [-0.3, -0.25) is 9.98 Å². The van der Waals surface area contributed by atoms with Crippen LogP contribution in [0.25, 0.3) is 12.2 Å². The first kappa shape index (κ1) is 21.0. The molecule has 2 aliphatic carbocycles. The van der Waals surface area contributed by atoms with E-state index >= 15 is 0 Å². The van der Waals surface area contributed by atoms with Crippen LogP contribution < -0.4 is 21.6 Å². The third-order valence-corrected chi connectivity index (χ3v) is 5.45. The molecule has 0 spiro atoms. The molecule has 0 bridgehead atoms. The van der Waals surface area contributed by atoms with Gasteiger partial charge >= 0.3 is 0 Å². The average molecular weight is 424 g/mol. The van der Waals surface area contributed by atoms with Crippen molar-refractivity contribution in [2.75, 3.05) is 6.54 Å². The van der Waals surface area contributed by atoms with Gasteiger partial charge in [-0.15, -0.1) is 0 Å². The number of allylic oxidation sites excluding steroid dienone is 5. The Morgan fingerprint density at radius 1 is 1.35 bits per heavy atom. The van der Waals surface area contributed by atoms with Gasteiger partial charge in [0.1, 0.15) is 0 Å². The zero-order valence-electron chi connectivity index (χ0n) is 17.3. The molecule has 1 aromatic heterocycles. The van der Waals surface area contributed by atoms with E-state index in [0.29, 0.717) is 12.5 Å². The molecule has 3 N–H and O–H groups in total. The van der Waals surface area contributed by atoms with Gasteiger partial charge < -0.3 is 15.6 Å². The largest absolute Gasteiger partial charge is 0.404 e. The number of nitrogens with two attached hydrogens (primary N) is 1. The predicted octanol–water partition coefficient (Wildman–Crippen LogP) is 2.55. The van der Waals surface area contributed by atoms with Crippen molar-refractivity contribution in [2.45, 2.75) is 44.7 Å². The third kappa shape index (κ3) is 5.48. The first-order chi connectivity index (χ1) is 15.1. The Morgan fingerprint density at radius 2 is 2.23 bits per heavy atom. The van der Waals surface area contributed by atoms with Gasteiger partial charge in [0.15, 0.2) is 0 Å².